The Balaban J connectivity index is 1.95. The molecule has 0 radical (unpaired) electrons. The SMILES string of the molecule is CCCCCCCC(C)N1C(=O)NCc2cncnc21. The molecule has 0 saturated carbocycles. The van der Waals surface area contributed by atoms with Gasteiger partial charge in [-0.2, -0.15) is 0 Å². The predicted octanol–water partition coefficient (Wildman–Crippen LogP) is 3.26. The van der Waals surface area contributed by atoms with Crippen molar-refractivity contribution in [1.82, 2.24) is 15.3 Å². The number of unbranched alkanes of at least 4 members (excludes halogenated alkanes) is 4. The van der Waals surface area contributed by atoms with Crippen molar-refractivity contribution in [2.45, 2.75) is 65.0 Å². The van der Waals surface area contributed by atoms with Crippen molar-refractivity contribution in [2.75, 3.05) is 4.90 Å². The van der Waals surface area contributed by atoms with E-state index in [1.165, 1.54) is 32.0 Å². The Labute approximate surface area is 120 Å². The number of amides is 2. The van der Waals surface area contributed by atoms with Crippen molar-refractivity contribution in [3.63, 3.8) is 0 Å². The second-order valence-electron chi connectivity index (χ2n) is 5.45. The molecule has 0 aliphatic carbocycles. The summed E-state index contributed by atoms with van der Waals surface area (Å²) in [6, 6.07) is 0.128. The number of rotatable bonds is 7. The molecule has 0 saturated heterocycles. The molecule has 1 aromatic heterocycles. The molecule has 0 fully saturated rings. The van der Waals surface area contributed by atoms with E-state index in [4.69, 9.17) is 0 Å². The van der Waals surface area contributed by atoms with Crippen molar-refractivity contribution in [1.29, 1.82) is 0 Å². The molecular weight excluding hydrogens is 252 g/mol. The lowest BCUT2D eigenvalue weighted by molar-refractivity contribution is 0.241. The van der Waals surface area contributed by atoms with Crippen LogP contribution in [0.4, 0.5) is 10.6 Å². The van der Waals surface area contributed by atoms with Gasteiger partial charge in [0.1, 0.15) is 12.1 Å². The van der Waals surface area contributed by atoms with Crippen molar-refractivity contribution in [3.05, 3.63) is 18.1 Å². The fraction of sp³-hybridized carbons (Fsp3) is 0.667. The van der Waals surface area contributed by atoms with Gasteiger partial charge in [0.05, 0.1) is 0 Å². The van der Waals surface area contributed by atoms with Gasteiger partial charge in [-0.05, 0) is 13.3 Å². The minimum atomic E-state index is -0.0442. The molecule has 1 unspecified atom stereocenters. The van der Waals surface area contributed by atoms with Gasteiger partial charge >= 0.3 is 6.03 Å². The summed E-state index contributed by atoms with van der Waals surface area (Å²) in [6.07, 6.45) is 10.6. The lowest BCUT2D eigenvalue weighted by Gasteiger charge is -2.33. The molecule has 1 atom stereocenters. The number of nitrogens with one attached hydrogen (secondary N) is 1. The summed E-state index contributed by atoms with van der Waals surface area (Å²) in [4.78, 5) is 22.2. The van der Waals surface area contributed by atoms with Crippen LogP contribution in [0.1, 0.15) is 57.9 Å². The molecule has 2 heterocycles. The first-order valence-electron chi connectivity index (χ1n) is 7.60. The highest BCUT2D eigenvalue weighted by Crippen LogP contribution is 2.24. The molecule has 5 heteroatoms. The van der Waals surface area contributed by atoms with Gasteiger partial charge in [-0.15, -0.1) is 0 Å². The third-order valence-corrected chi connectivity index (χ3v) is 3.81. The van der Waals surface area contributed by atoms with Gasteiger partial charge in [0, 0.05) is 24.3 Å². The van der Waals surface area contributed by atoms with Crippen LogP contribution in [-0.2, 0) is 6.54 Å². The van der Waals surface area contributed by atoms with Gasteiger partial charge in [0.2, 0.25) is 0 Å². The minimum absolute atomic E-state index is 0.0442. The van der Waals surface area contributed by atoms with Crippen LogP contribution in [0.3, 0.4) is 0 Å². The molecule has 1 aromatic rings. The van der Waals surface area contributed by atoms with E-state index < -0.39 is 0 Å². The Bertz CT molecular complexity index is 449. The standard InChI is InChI=1S/C15H24N4O/c1-3-4-5-6-7-8-12(2)19-14-13(9-16-11-18-14)10-17-15(19)20/h9,11-12H,3-8,10H2,1-2H3,(H,17,20). The Kier molecular flexibility index (Phi) is 5.32. The third kappa shape index (κ3) is 3.46. The topological polar surface area (TPSA) is 58.1 Å². The molecule has 0 spiro atoms. The Morgan fingerprint density at radius 1 is 1.35 bits per heavy atom. The van der Waals surface area contributed by atoms with E-state index in [0.29, 0.717) is 6.54 Å². The molecule has 2 rings (SSSR count). The summed E-state index contributed by atoms with van der Waals surface area (Å²) in [7, 11) is 0. The lowest BCUT2D eigenvalue weighted by atomic mass is 10.1. The monoisotopic (exact) mass is 276 g/mol. The summed E-state index contributed by atoms with van der Waals surface area (Å²) in [6.45, 7) is 4.84. The number of hydrogen-bond acceptors (Lipinski definition) is 3. The van der Waals surface area contributed by atoms with Crippen LogP contribution in [0.25, 0.3) is 0 Å². The second kappa shape index (κ2) is 7.22. The molecule has 110 valence electrons. The highest BCUT2D eigenvalue weighted by molar-refractivity contribution is 5.94. The quantitative estimate of drug-likeness (QED) is 0.778. The van der Waals surface area contributed by atoms with Crippen LogP contribution in [0.5, 0.6) is 0 Å². The third-order valence-electron chi connectivity index (χ3n) is 3.81. The number of urea groups is 1. The van der Waals surface area contributed by atoms with Gasteiger partial charge in [-0.3, -0.25) is 4.90 Å². The minimum Gasteiger partial charge on any atom is -0.333 e. The average molecular weight is 276 g/mol. The van der Waals surface area contributed by atoms with E-state index in [0.717, 1.165) is 24.2 Å². The van der Waals surface area contributed by atoms with Crippen molar-refractivity contribution < 1.29 is 4.79 Å². The van der Waals surface area contributed by atoms with E-state index in [2.05, 4.69) is 29.1 Å². The van der Waals surface area contributed by atoms with E-state index in [1.807, 2.05) is 0 Å². The highest BCUT2D eigenvalue weighted by Gasteiger charge is 2.28. The van der Waals surface area contributed by atoms with Gasteiger partial charge in [-0.25, -0.2) is 14.8 Å². The van der Waals surface area contributed by atoms with E-state index in [9.17, 15) is 4.79 Å². The zero-order chi connectivity index (χ0) is 14.4. The lowest BCUT2D eigenvalue weighted by Crippen LogP contribution is -2.49. The zero-order valence-electron chi connectivity index (χ0n) is 12.4. The van der Waals surface area contributed by atoms with Crippen LogP contribution >= 0.6 is 0 Å². The van der Waals surface area contributed by atoms with Crippen molar-refractivity contribution in [2.24, 2.45) is 0 Å². The summed E-state index contributed by atoms with van der Waals surface area (Å²) < 4.78 is 0. The van der Waals surface area contributed by atoms with Gasteiger partial charge in [0.15, 0.2) is 0 Å². The number of nitrogens with zero attached hydrogens (tertiary/aromatic N) is 3. The van der Waals surface area contributed by atoms with E-state index in [1.54, 1.807) is 11.1 Å². The Morgan fingerprint density at radius 3 is 2.95 bits per heavy atom. The number of hydrogen-bond donors (Lipinski definition) is 1. The van der Waals surface area contributed by atoms with Crippen LogP contribution in [0, 0.1) is 0 Å². The Hall–Kier alpha value is -1.65. The smallest absolute Gasteiger partial charge is 0.323 e. The van der Waals surface area contributed by atoms with Gasteiger partial charge in [0.25, 0.3) is 0 Å². The molecule has 20 heavy (non-hydrogen) atoms. The maximum Gasteiger partial charge on any atom is 0.323 e. The first-order valence-corrected chi connectivity index (χ1v) is 7.60. The number of aromatic nitrogens is 2. The Morgan fingerprint density at radius 2 is 2.15 bits per heavy atom. The number of fused-ring (bicyclic) bond motifs is 1. The number of carbonyl (C=O) groups is 1. The van der Waals surface area contributed by atoms with Crippen molar-refractivity contribution >= 4 is 11.8 Å². The fourth-order valence-corrected chi connectivity index (χ4v) is 2.63. The van der Waals surface area contributed by atoms with Crippen LogP contribution in [-0.4, -0.2) is 22.0 Å². The van der Waals surface area contributed by atoms with Gasteiger partial charge < -0.3 is 5.32 Å². The summed E-state index contributed by atoms with van der Waals surface area (Å²) in [5, 5.41) is 2.89. The molecular formula is C15H24N4O. The van der Waals surface area contributed by atoms with E-state index >= 15 is 0 Å². The molecule has 1 aliphatic rings. The second-order valence-corrected chi connectivity index (χ2v) is 5.45. The zero-order valence-corrected chi connectivity index (χ0v) is 12.4. The maximum atomic E-state index is 12.1. The maximum absolute atomic E-state index is 12.1. The number of carbonyl (C=O) groups excluding carboxylic acids is 1. The molecule has 5 nitrogen and oxygen atoms in total. The van der Waals surface area contributed by atoms with Crippen LogP contribution in [0.2, 0.25) is 0 Å². The predicted molar refractivity (Wildman–Crippen MR) is 79.6 cm³/mol. The van der Waals surface area contributed by atoms with Crippen LogP contribution < -0.4 is 10.2 Å². The molecule has 0 bridgehead atoms. The largest absolute Gasteiger partial charge is 0.333 e. The molecule has 2 amide bonds. The first-order chi connectivity index (χ1) is 9.74. The fourth-order valence-electron chi connectivity index (χ4n) is 2.63. The highest BCUT2D eigenvalue weighted by atomic mass is 16.2. The summed E-state index contributed by atoms with van der Waals surface area (Å²) in [5.74, 6) is 0.768. The summed E-state index contributed by atoms with van der Waals surface area (Å²) >= 11 is 0. The molecule has 1 aliphatic heterocycles. The summed E-state index contributed by atoms with van der Waals surface area (Å²) in [5.41, 5.74) is 0.991. The average Bonchev–Trinajstić information content (AvgIpc) is 2.46. The normalized spacial score (nSPS) is 15.7. The first kappa shape index (κ1) is 14.8. The number of anilines is 1. The van der Waals surface area contributed by atoms with Gasteiger partial charge in [-0.1, -0.05) is 39.0 Å². The molecule has 1 N–H and O–H groups in total. The van der Waals surface area contributed by atoms with E-state index in [-0.39, 0.29) is 12.1 Å². The molecule has 0 aromatic carbocycles. The van der Waals surface area contributed by atoms with Crippen LogP contribution in [0.15, 0.2) is 12.5 Å². The van der Waals surface area contributed by atoms with Crippen molar-refractivity contribution in [3.8, 4) is 0 Å².